The van der Waals surface area contributed by atoms with E-state index in [0.29, 0.717) is 16.1 Å². The Morgan fingerprint density at radius 2 is 2.26 bits per heavy atom. The number of hydrogen-bond acceptors (Lipinski definition) is 2. The maximum atomic E-state index is 12.2. The van der Waals surface area contributed by atoms with Crippen LogP contribution in [-0.4, -0.2) is 24.0 Å². The Morgan fingerprint density at radius 1 is 1.42 bits per heavy atom. The first-order chi connectivity index (χ1) is 9.17. The van der Waals surface area contributed by atoms with Crippen LogP contribution in [0.15, 0.2) is 24.3 Å². The van der Waals surface area contributed by atoms with Crippen molar-refractivity contribution in [3.05, 3.63) is 34.9 Å². The van der Waals surface area contributed by atoms with Gasteiger partial charge in [0.15, 0.2) is 0 Å². The van der Waals surface area contributed by atoms with Crippen LogP contribution in [0.5, 0.6) is 0 Å². The second kappa shape index (κ2) is 5.14. The number of benzene rings is 1. The molecule has 19 heavy (non-hydrogen) atoms. The minimum atomic E-state index is -0.0103. The van der Waals surface area contributed by atoms with Crippen molar-refractivity contribution >= 4 is 17.5 Å². The molecule has 3 nitrogen and oxygen atoms in total. The normalized spacial score (nSPS) is 24.8. The van der Waals surface area contributed by atoms with Gasteiger partial charge in [-0.05, 0) is 56.8 Å². The second-order valence-corrected chi connectivity index (χ2v) is 6.17. The number of piperidine rings is 1. The average Bonchev–Trinajstić information content (AvgIpc) is 2.37. The first-order valence-corrected chi connectivity index (χ1v) is 7.36. The van der Waals surface area contributed by atoms with Crippen molar-refractivity contribution in [3.63, 3.8) is 0 Å². The number of hydrogen-bond donors (Lipinski definition) is 2. The Kier molecular flexibility index (Phi) is 3.50. The average molecular weight is 279 g/mol. The lowest BCUT2D eigenvalue weighted by Crippen LogP contribution is -2.59. The molecular weight excluding hydrogens is 260 g/mol. The van der Waals surface area contributed by atoms with E-state index in [2.05, 4.69) is 10.6 Å². The maximum Gasteiger partial charge on any atom is 0.251 e. The van der Waals surface area contributed by atoms with E-state index >= 15 is 0 Å². The highest BCUT2D eigenvalue weighted by molar-refractivity contribution is 6.30. The molecule has 1 heterocycles. The summed E-state index contributed by atoms with van der Waals surface area (Å²) < 4.78 is 0. The molecule has 0 aromatic heterocycles. The molecular formula is C15H19ClN2O. The van der Waals surface area contributed by atoms with E-state index in [1.807, 2.05) is 6.07 Å². The lowest BCUT2D eigenvalue weighted by molar-refractivity contribution is 0.0853. The third kappa shape index (κ3) is 2.77. The van der Waals surface area contributed by atoms with E-state index in [0.717, 1.165) is 19.4 Å². The number of carbonyl (C=O) groups is 1. The fourth-order valence-corrected chi connectivity index (χ4v) is 3.35. The molecule has 1 amide bonds. The first-order valence-electron chi connectivity index (χ1n) is 6.98. The standard InChI is InChI=1S/C15H19ClN2O/c16-12-4-1-3-11(9-12)14(19)18-13-5-8-17-15(10-13)6-2-7-15/h1,3-4,9,13,17H,2,5-8,10H2,(H,18,19). The number of carbonyl (C=O) groups excluding carboxylic acids is 1. The van der Waals surface area contributed by atoms with Gasteiger partial charge in [-0.2, -0.15) is 0 Å². The van der Waals surface area contributed by atoms with Crippen LogP contribution < -0.4 is 10.6 Å². The van der Waals surface area contributed by atoms with Crippen LogP contribution in [0, 0.1) is 0 Å². The van der Waals surface area contributed by atoms with Crippen LogP contribution in [-0.2, 0) is 0 Å². The van der Waals surface area contributed by atoms with Gasteiger partial charge in [-0.25, -0.2) is 0 Å². The summed E-state index contributed by atoms with van der Waals surface area (Å²) in [5, 5.41) is 7.36. The Hall–Kier alpha value is -1.06. The molecule has 1 aromatic rings. The van der Waals surface area contributed by atoms with Gasteiger partial charge >= 0.3 is 0 Å². The minimum absolute atomic E-state index is 0.0103. The van der Waals surface area contributed by atoms with Gasteiger partial charge in [0, 0.05) is 22.2 Å². The molecule has 0 radical (unpaired) electrons. The molecule has 1 atom stereocenters. The minimum Gasteiger partial charge on any atom is -0.349 e. The summed E-state index contributed by atoms with van der Waals surface area (Å²) in [5.74, 6) is -0.0103. The Bertz CT molecular complexity index is 485. The number of halogens is 1. The quantitative estimate of drug-likeness (QED) is 0.873. The molecule has 102 valence electrons. The summed E-state index contributed by atoms with van der Waals surface area (Å²) in [6.45, 7) is 1.00. The van der Waals surface area contributed by atoms with E-state index in [9.17, 15) is 4.79 Å². The van der Waals surface area contributed by atoms with Gasteiger partial charge in [0.25, 0.3) is 5.91 Å². The zero-order valence-electron chi connectivity index (χ0n) is 10.9. The molecule has 4 heteroatoms. The van der Waals surface area contributed by atoms with E-state index < -0.39 is 0 Å². The number of nitrogens with one attached hydrogen (secondary N) is 2. The van der Waals surface area contributed by atoms with Crippen molar-refractivity contribution in [2.75, 3.05) is 6.54 Å². The van der Waals surface area contributed by atoms with Crippen molar-refractivity contribution in [2.24, 2.45) is 0 Å². The smallest absolute Gasteiger partial charge is 0.251 e. The fraction of sp³-hybridized carbons (Fsp3) is 0.533. The summed E-state index contributed by atoms with van der Waals surface area (Å²) in [6.07, 6.45) is 5.86. The van der Waals surface area contributed by atoms with Gasteiger partial charge in [-0.3, -0.25) is 4.79 Å². The Morgan fingerprint density at radius 3 is 2.95 bits per heavy atom. The largest absolute Gasteiger partial charge is 0.349 e. The number of rotatable bonds is 2. The fourth-order valence-electron chi connectivity index (χ4n) is 3.16. The van der Waals surface area contributed by atoms with Crippen molar-refractivity contribution in [2.45, 2.75) is 43.7 Å². The van der Waals surface area contributed by atoms with Crippen LogP contribution >= 0.6 is 11.6 Å². The SMILES string of the molecule is O=C(NC1CCNC2(CCC2)C1)c1cccc(Cl)c1. The summed E-state index contributed by atoms with van der Waals surface area (Å²) in [6, 6.07) is 7.41. The van der Waals surface area contributed by atoms with Crippen molar-refractivity contribution in [1.29, 1.82) is 0 Å². The van der Waals surface area contributed by atoms with Crippen LogP contribution in [0.2, 0.25) is 5.02 Å². The summed E-state index contributed by atoms with van der Waals surface area (Å²) in [5.41, 5.74) is 0.957. The topological polar surface area (TPSA) is 41.1 Å². The van der Waals surface area contributed by atoms with Crippen LogP contribution in [0.25, 0.3) is 0 Å². The zero-order valence-corrected chi connectivity index (χ0v) is 11.7. The number of amides is 1. The van der Waals surface area contributed by atoms with E-state index in [1.165, 1.54) is 19.3 Å². The third-order valence-corrected chi connectivity index (χ3v) is 4.60. The van der Waals surface area contributed by atoms with Crippen LogP contribution in [0.1, 0.15) is 42.5 Å². The van der Waals surface area contributed by atoms with Gasteiger partial charge in [0.05, 0.1) is 0 Å². The van der Waals surface area contributed by atoms with Crippen LogP contribution in [0.4, 0.5) is 0 Å². The van der Waals surface area contributed by atoms with Crippen molar-refractivity contribution in [1.82, 2.24) is 10.6 Å². The summed E-state index contributed by atoms with van der Waals surface area (Å²) >= 11 is 5.92. The molecule has 1 unspecified atom stereocenters. The predicted molar refractivity (Wildman–Crippen MR) is 76.5 cm³/mol. The zero-order chi connectivity index (χ0) is 13.3. The lowest BCUT2D eigenvalue weighted by Gasteiger charge is -2.48. The molecule has 1 aliphatic carbocycles. The van der Waals surface area contributed by atoms with E-state index in [1.54, 1.807) is 18.2 Å². The molecule has 1 aromatic carbocycles. The molecule has 2 fully saturated rings. The second-order valence-electron chi connectivity index (χ2n) is 5.73. The molecule has 3 rings (SSSR count). The van der Waals surface area contributed by atoms with Gasteiger partial charge in [-0.15, -0.1) is 0 Å². The summed E-state index contributed by atoms with van der Waals surface area (Å²) in [4.78, 5) is 12.2. The van der Waals surface area contributed by atoms with Gasteiger partial charge in [0.1, 0.15) is 0 Å². The van der Waals surface area contributed by atoms with Crippen molar-refractivity contribution in [3.8, 4) is 0 Å². The Labute approximate surface area is 118 Å². The Balaban J connectivity index is 1.63. The van der Waals surface area contributed by atoms with Gasteiger partial charge < -0.3 is 10.6 Å². The highest BCUT2D eigenvalue weighted by atomic mass is 35.5. The molecule has 2 N–H and O–H groups in total. The molecule has 1 saturated heterocycles. The van der Waals surface area contributed by atoms with Crippen LogP contribution in [0.3, 0.4) is 0 Å². The first kappa shape index (κ1) is 12.9. The molecule has 1 spiro atoms. The highest BCUT2D eigenvalue weighted by Gasteiger charge is 2.41. The van der Waals surface area contributed by atoms with E-state index in [-0.39, 0.29) is 11.9 Å². The molecule has 2 aliphatic rings. The van der Waals surface area contributed by atoms with Gasteiger partial charge in [-0.1, -0.05) is 17.7 Å². The van der Waals surface area contributed by atoms with E-state index in [4.69, 9.17) is 11.6 Å². The summed E-state index contributed by atoms with van der Waals surface area (Å²) in [7, 11) is 0. The molecule has 1 aliphatic heterocycles. The molecule has 1 saturated carbocycles. The highest BCUT2D eigenvalue weighted by Crippen LogP contribution is 2.38. The molecule has 0 bridgehead atoms. The van der Waals surface area contributed by atoms with Gasteiger partial charge in [0.2, 0.25) is 0 Å². The monoisotopic (exact) mass is 278 g/mol. The predicted octanol–water partition coefficient (Wildman–Crippen LogP) is 2.74. The van der Waals surface area contributed by atoms with Crippen molar-refractivity contribution < 1.29 is 4.79 Å². The third-order valence-electron chi connectivity index (χ3n) is 4.36. The maximum absolute atomic E-state index is 12.2. The lowest BCUT2D eigenvalue weighted by atomic mass is 9.70.